The number of nitrogens with one attached hydrogen (secondary N) is 1. The van der Waals surface area contributed by atoms with Crippen LogP contribution in [0.25, 0.3) is 0 Å². The van der Waals surface area contributed by atoms with Crippen molar-refractivity contribution in [3.63, 3.8) is 0 Å². The summed E-state index contributed by atoms with van der Waals surface area (Å²) >= 11 is 1.71. The van der Waals surface area contributed by atoms with E-state index < -0.39 is 23.5 Å². The molecule has 0 heterocycles. The molecule has 0 bridgehead atoms. The molecule has 0 spiro atoms. The molecule has 1 aromatic carbocycles. The molecule has 1 atom stereocenters. The number of hydrogen-bond donors (Lipinski definition) is 2. The minimum atomic E-state index is -5.12. The second kappa shape index (κ2) is 5.23. The van der Waals surface area contributed by atoms with E-state index in [1.807, 2.05) is 5.32 Å². The van der Waals surface area contributed by atoms with Gasteiger partial charge in [-0.2, -0.15) is 13.2 Å². The van der Waals surface area contributed by atoms with Gasteiger partial charge in [-0.1, -0.05) is 0 Å². The summed E-state index contributed by atoms with van der Waals surface area (Å²) in [5.41, 5.74) is -3.66. The quantitative estimate of drug-likeness (QED) is 0.602. The molecule has 3 nitrogen and oxygen atoms in total. The van der Waals surface area contributed by atoms with E-state index in [9.17, 15) is 22.4 Å². The van der Waals surface area contributed by atoms with Crippen molar-refractivity contribution in [2.45, 2.75) is 25.6 Å². The van der Waals surface area contributed by atoms with Crippen molar-refractivity contribution in [2.75, 3.05) is 5.32 Å². The standard InChI is InChI=1S/C11H10F4INO2/c1-5-7(4-3-6(16)8(5)12)17-9(18)10(2,19)11(13,14)15/h3-4,19H,1-2H3,(H,17,18). The van der Waals surface area contributed by atoms with Crippen LogP contribution in [0, 0.1) is 16.3 Å². The van der Waals surface area contributed by atoms with Gasteiger partial charge < -0.3 is 10.4 Å². The molecule has 0 fully saturated rings. The molecular weight excluding hydrogens is 381 g/mol. The molecule has 0 aromatic heterocycles. The predicted molar refractivity (Wildman–Crippen MR) is 69.2 cm³/mol. The molecule has 106 valence electrons. The first-order valence-electron chi connectivity index (χ1n) is 5.03. The highest BCUT2D eigenvalue weighted by molar-refractivity contribution is 14.1. The summed E-state index contributed by atoms with van der Waals surface area (Å²) in [6.45, 7) is 1.65. The normalized spacial score (nSPS) is 14.9. The van der Waals surface area contributed by atoms with Crippen LogP contribution in [0.4, 0.5) is 23.2 Å². The third kappa shape index (κ3) is 3.16. The first-order valence-corrected chi connectivity index (χ1v) is 6.11. The lowest BCUT2D eigenvalue weighted by molar-refractivity contribution is -0.242. The lowest BCUT2D eigenvalue weighted by Gasteiger charge is -2.25. The van der Waals surface area contributed by atoms with E-state index in [1.54, 1.807) is 22.6 Å². The van der Waals surface area contributed by atoms with Gasteiger partial charge in [0.2, 0.25) is 5.60 Å². The highest BCUT2D eigenvalue weighted by Crippen LogP contribution is 2.32. The molecule has 0 radical (unpaired) electrons. The summed E-state index contributed by atoms with van der Waals surface area (Å²) in [6, 6.07) is 2.57. The van der Waals surface area contributed by atoms with E-state index in [0.717, 1.165) is 0 Å². The molecule has 0 aliphatic heterocycles. The second-order valence-corrected chi connectivity index (χ2v) is 5.22. The third-order valence-electron chi connectivity index (χ3n) is 2.58. The number of benzene rings is 1. The monoisotopic (exact) mass is 391 g/mol. The maximum atomic E-state index is 13.5. The molecule has 1 amide bonds. The molecule has 8 heteroatoms. The molecule has 1 unspecified atom stereocenters. The Morgan fingerprint density at radius 1 is 1.37 bits per heavy atom. The zero-order valence-corrected chi connectivity index (χ0v) is 12.1. The minimum absolute atomic E-state index is 0.00164. The molecule has 0 saturated carbocycles. The fraction of sp³-hybridized carbons (Fsp3) is 0.364. The first-order chi connectivity index (χ1) is 8.48. The number of rotatable bonds is 2. The molecule has 0 aliphatic rings. The van der Waals surface area contributed by atoms with Crippen molar-refractivity contribution in [2.24, 2.45) is 0 Å². The Morgan fingerprint density at radius 3 is 2.37 bits per heavy atom. The number of carbonyl (C=O) groups is 1. The number of hydrogen-bond acceptors (Lipinski definition) is 2. The summed E-state index contributed by atoms with van der Waals surface area (Å²) in [4.78, 5) is 11.4. The highest BCUT2D eigenvalue weighted by Gasteiger charge is 2.55. The lowest BCUT2D eigenvalue weighted by Crippen LogP contribution is -2.52. The number of aliphatic hydroxyl groups is 1. The second-order valence-electron chi connectivity index (χ2n) is 4.06. The van der Waals surface area contributed by atoms with Gasteiger partial charge in [0.15, 0.2) is 0 Å². The smallest absolute Gasteiger partial charge is 0.373 e. The Kier molecular flexibility index (Phi) is 4.45. The molecule has 1 aromatic rings. The van der Waals surface area contributed by atoms with Crippen LogP contribution in [0.1, 0.15) is 12.5 Å². The molecule has 0 saturated heterocycles. The van der Waals surface area contributed by atoms with Crippen LogP contribution in [0.15, 0.2) is 12.1 Å². The van der Waals surface area contributed by atoms with Crippen molar-refractivity contribution in [3.05, 3.63) is 27.1 Å². The third-order valence-corrected chi connectivity index (χ3v) is 3.41. The summed E-state index contributed by atoms with van der Waals surface area (Å²) in [6.07, 6.45) is -5.12. The fourth-order valence-electron chi connectivity index (χ4n) is 1.16. The van der Waals surface area contributed by atoms with Crippen LogP contribution in [0.5, 0.6) is 0 Å². The molecule has 2 N–H and O–H groups in total. The maximum absolute atomic E-state index is 13.5. The highest BCUT2D eigenvalue weighted by atomic mass is 127. The van der Waals surface area contributed by atoms with E-state index in [1.165, 1.54) is 19.1 Å². The van der Waals surface area contributed by atoms with Gasteiger partial charge in [0.1, 0.15) is 5.82 Å². The van der Waals surface area contributed by atoms with E-state index in [0.29, 0.717) is 6.92 Å². The Hall–Kier alpha value is -0.900. The van der Waals surface area contributed by atoms with Gasteiger partial charge in [-0.15, -0.1) is 0 Å². The molecule has 1 rings (SSSR count). The summed E-state index contributed by atoms with van der Waals surface area (Å²) in [5.74, 6) is -2.30. The van der Waals surface area contributed by atoms with Crippen molar-refractivity contribution in [3.8, 4) is 0 Å². The number of carbonyl (C=O) groups excluding carboxylic acids is 1. The zero-order chi connectivity index (χ0) is 15.0. The van der Waals surface area contributed by atoms with Gasteiger partial charge in [0, 0.05) is 14.8 Å². The molecule has 0 aliphatic carbocycles. The van der Waals surface area contributed by atoms with Gasteiger partial charge in [-0.05, 0) is 48.6 Å². The number of anilines is 1. The van der Waals surface area contributed by atoms with Crippen molar-refractivity contribution >= 4 is 34.2 Å². The summed E-state index contributed by atoms with van der Waals surface area (Å²) in [5, 5.41) is 11.0. The van der Waals surface area contributed by atoms with Crippen molar-refractivity contribution in [1.82, 2.24) is 0 Å². The van der Waals surface area contributed by atoms with E-state index in [2.05, 4.69) is 0 Å². The number of halogens is 5. The lowest BCUT2D eigenvalue weighted by atomic mass is 10.1. The van der Waals surface area contributed by atoms with Crippen molar-refractivity contribution < 1.29 is 27.5 Å². The van der Waals surface area contributed by atoms with E-state index in [-0.39, 0.29) is 14.8 Å². The van der Waals surface area contributed by atoms with Gasteiger partial charge in [-0.3, -0.25) is 4.79 Å². The average Bonchev–Trinajstić information content (AvgIpc) is 2.28. The van der Waals surface area contributed by atoms with Crippen LogP contribution in [-0.4, -0.2) is 22.8 Å². The largest absolute Gasteiger partial charge is 0.426 e. The van der Waals surface area contributed by atoms with Crippen LogP contribution < -0.4 is 5.32 Å². The van der Waals surface area contributed by atoms with Crippen LogP contribution in [0.3, 0.4) is 0 Å². The number of amides is 1. The first kappa shape index (κ1) is 16.2. The predicted octanol–water partition coefficient (Wildman–Crippen LogP) is 2.99. The van der Waals surface area contributed by atoms with Crippen LogP contribution >= 0.6 is 22.6 Å². The van der Waals surface area contributed by atoms with Gasteiger partial charge in [-0.25, -0.2) is 4.39 Å². The zero-order valence-electron chi connectivity index (χ0n) is 9.90. The minimum Gasteiger partial charge on any atom is -0.373 e. The summed E-state index contributed by atoms with van der Waals surface area (Å²) in [7, 11) is 0. The van der Waals surface area contributed by atoms with Gasteiger partial charge in [0.25, 0.3) is 5.91 Å². The Balaban J connectivity index is 3.05. The summed E-state index contributed by atoms with van der Waals surface area (Å²) < 4.78 is 51.1. The maximum Gasteiger partial charge on any atom is 0.426 e. The number of alkyl halides is 3. The van der Waals surface area contributed by atoms with Gasteiger partial charge in [0.05, 0.1) is 0 Å². The van der Waals surface area contributed by atoms with Crippen LogP contribution in [-0.2, 0) is 4.79 Å². The Morgan fingerprint density at radius 2 is 1.89 bits per heavy atom. The van der Waals surface area contributed by atoms with E-state index >= 15 is 0 Å². The molecular formula is C11H10F4INO2. The van der Waals surface area contributed by atoms with Gasteiger partial charge >= 0.3 is 6.18 Å². The van der Waals surface area contributed by atoms with Crippen molar-refractivity contribution in [1.29, 1.82) is 0 Å². The SMILES string of the molecule is Cc1c(NC(=O)C(C)(O)C(F)(F)F)ccc(I)c1F. The fourth-order valence-corrected chi connectivity index (χ4v) is 1.74. The average molecular weight is 391 g/mol. The van der Waals surface area contributed by atoms with E-state index in [4.69, 9.17) is 5.11 Å². The van der Waals surface area contributed by atoms with Crippen LogP contribution in [0.2, 0.25) is 0 Å². The Bertz CT molecular complexity index is 514. The Labute approximate surface area is 120 Å². The molecule has 19 heavy (non-hydrogen) atoms. The topological polar surface area (TPSA) is 49.3 Å².